The number of rotatable bonds is 3. The molecule has 0 aliphatic rings. The van der Waals surface area contributed by atoms with Crippen LogP contribution in [0.15, 0.2) is 25.8 Å². The van der Waals surface area contributed by atoms with E-state index >= 15 is 0 Å². The molecule has 1 aromatic carbocycles. The molecule has 1 aromatic heterocycles. The van der Waals surface area contributed by atoms with Gasteiger partial charge >= 0.3 is 0 Å². The second kappa shape index (κ2) is 5.95. The average molecular weight is 405 g/mol. The van der Waals surface area contributed by atoms with Crippen LogP contribution in [0.25, 0.3) is 0 Å². The lowest BCUT2D eigenvalue weighted by Crippen LogP contribution is -2.15. The van der Waals surface area contributed by atoms with E-state index in [0.717, 1.165) is 36.3 Å². The molecule has 0 fully saturated rings. The minimum atomic E-state index is -0.186. The van der Waals surface area contributed by atoms with Gasteiger partial charge in [0.2, 0.25) is 0 Å². The monoisotopic (exact) mass is 403 g/mol. The first-order chi connectivity index (χ1) is 8.95. The molecular weight excluding hydrogens is 390 g/mol. The molecule has 1 heterocycles. The maximum atomic E-state index is 6.43. The predicted octanol–water partition coefficient (Wildman–Crippen LogP) is 4.95. The van der Waals surface area contributed by atoms with E-state index in [0.29, 0.717) is 0 Å². The summed E-state index contributed by atoms with van der Waals surface area (Å²) in [4.78, 5) is 0. The van der Waals surface area contributed by atoms with E-state index in [2.05, 4.69) is 56.3 Å². The highest BCUT2D eigenvalue weighted by atomic mass is 79.9. The molecule has 2 rings (SSSR count). The maximum absolute atomic E-state index is 6.43. The second-order valence-corrected chi connectivity index (χ2v) is 7.55. The molecule has 0 amide bonds. The van der Waals surface area contributed by atoms with Crippen LogP contribution in [0.4, 0.5) is 0 Å². The molecule has 0 saturated carbocycles. The molecular formula is C14H15Br2NOS. The number of hydrogen-bond acceptors (Lipinski definition) is 3. The Morgan fingerprint density at radius 2 is 1.95 bits per heavy atom. The van der Waals surface area contributed by atoms with E-state index in [1.54, 1.807) is 18.4 Å². The van der Waals surface area contributed by atoms with Crippen LogP contribution < -0.4 is 10.5 Å². The van der Waals surface area contributed by atoms with Crippen LogP contribution in [0.5, 0.6) is 5.75 Å². The van der Waals surface area contributed by atoms with E-state index in [-0.39, 0.29) is 6.04 Å². The van der Waals surface area contributed by atoms with Crippen LogP contribution in [-0.4, -0.2) is 7.11 Å². The van der Waals surface area contributed by atoms with Crippen LogP contribution in [0.1, 0.15) is 28.3 Å². The zero-order chi connectivity index (χ0) is 14.2. The number of hydrogen-bond donors (Lipinski definition) is 1. The summed E-state index contributed by atoms with van der Waals surface area (Å²) in [6.45, 7) is 4.09. The van der Waals surface area contributed by atoms with Crippen molar-refractivity contribution in [1.29, 1.82) is 0 Å². The summed E-state index contributed by atoms with van der Waals surface area (Å²) in [5, 5.41) is 2.07. The van der Waals surface area contributed by atoms with Crippen molar-refractivity contribution in [3.05, 3.63) is 48.0 Å². The fourth-order valence-electron chi connectivity index (χ4n) is 2.17. The van der Waals surface area contributed by atoms with Gasteiger partial charge in [0, 0.05) is 10.0 Å². The molecule has 1 unspecified atom stereocenters. The lowest BCUT2D eigenvalue weighted by molar-refractivity contribution is 0.404. The average Bonchev–Trinajstić information content (AvgIpc) is 2.79. The van der Waals surface area contributed by atoms with Gasteiger partial charge in [-0.3, -0.25) is 0 Å². The normalized spacial score (nSPS) is 12.5. The fourth-order valence-corrected chi connectivity index (χ4v) is 3.94. The van der Waals surface area contributed by atoms with Gasteiger partial charge in [-0.05, 0) is 64.0 Å². The van der Waals surface area contributed by atoms with E-state index < -0.39 is 0 Å². The first-order valence-electron chi connectivity index (χ1n) is 5.78. The molecule has 2 N–H and O–H groups in total. The fraction of sp³-hybridized carbons (Fsp3) is 0.286. The Labute approximate surface area is 134 Å². The summed E-state index contributed by atoms with van der Waals surface area (Å²) in [5.74, 6) is 0.871. The molecule has 0 saturated heterocycles. The summed E-state index contributed by atoms with van der Waals surface area (Å²) in [6, 6.07) is 3.94. The van der Waals surface area contributed by atoms with Crippen molar-refractivity contribution >= 4 is 43.2 Å². The molecule has 0 radical (unpaired) electrons. The van der Waals surface area contributed by atoms with Crippen LogP contribution in [0.2, 0.25) is 0 Å². The topological polar surface area (TPSA) is 35.2 Å². The third-order valence-corrected chi connectivity index (χ3v) is 5.52. The van der Waals surface area contributed by atoms with Crippen LogP contribution >= 0.6 is 43.2 Å². The number of halogens is 2. The minimum Gasteiger partial charge on any atom is -0.496 e. The SMILES string of the molecule is COc1c(C)cc(Br)c(C)c1C(N)c1csc(Br)c1. The predicted molar refractivity (Wildman–Crippen MR) is 88.2 cm³/mol. The summed E-state index contributed by atoms with van der Waals surface area (Å²) in [6.07, 6.45) is 0. The third-order valence-electron chi connectivity index (χ3n) is 3.17. The zero-order valence-corrected chi connectivity index (χ0v) is 14.9. The van der Waals surface area contributed by atoms with Gasteiger partial charge in [-0.15, -0.1) is 11.3 Å². The van der Waals surface area contributed by atoms with Crippen molar-refractivity contribution in [2.45, 2.75) is 19.9 Å². The summed E-state index contributed by atoms with van der Waals surface area (Å²) in [7, 11) is 1.69. The number of benzene rings is 1. The molecule has 0 aliphatic heterocycles. The zero-order valence-electron chi connectivity index (χ0n) is 11.0. The summed E-state index contributed by atoms with van der Waals surface area (Å²) >= 11 is 8.71. The van der Waals surface area contributed by atoms with Gasteiger partial charge in [-0.1, -0.05) is 15.9 Å². The molecule has 0 aliphatic carbocycles. The highest BCUT2D eigenvalue weighted by Gasteiger charge is 2.21. The number of ether oxygens (including phenoxy) is 1. The van der Waals surface area contributed by atoms with E-state index in [4.69, 9.17) is 10.5 Å². The quantitative estimate of drug-likeness (QED) is 0.785. The van der Waals surface area contributed by atoms with Gasteiger partial charge in [0.15, 0.2) is 0 Å². The maximum Gasteiger partial charge on any atom is 0.127 e. The largest absolute Gasteiger partial charge is 0.496 e. The molecule has 2 nitrogen and oxygen atoms in total. The van der Waals surface area contributed by atoms with Gasteiger partial charge in [0.05, 0.1) is 16.9 Å². The molecule has 5 heteroatoms. The number of aryl methyl sites for hydroxylation is 1. The van der Waals surface area contributed by atoms with Crippen molar-refractivity contribution in [1.82, 2.24) is 0 Å². The summed E-state index contributed by atoms with van der Waals surface area (Å²) < 4.78 is 7.70. The first kappa shape index (κ1) is 15.0. The lowest BCUT2D eigenvalue weighted by atomic mass is 9.94. The second-order valence-electron chi connectivity index (χ2n) is 4.41. The van der Waals surface area contributed by atoms with E-state index in [9.17, 15) is 0 Å². The van der Waals surface area contributed by atoms with Gasteiger partial charge in [0.25, 0.3) is 0 Å². The van der Waals surface area contributed by atoms with Gasteiger partial charge < -0.3 is 10.5 Å². The number of nitrogens with two attached hydrogens (primary N) is 1. The molecule has 102 valence electrons. The van der Waals surface area contributed by atoms with Crippen molar-refractivity contribution in [2.75, 3.05) is 7.11 Å². The van der Waals surface area contributed by atoms with E-state index in [1.165, 1.54) is 0 Å². The number of methoxy groups -OCH3 is 1. The Bertz CT molecular complexity index is 610. The standard InChI is InChI=1S/C14H15Br2NOS/c1-7-4-10(15)8(2)12(14(7)18-3)13(17)9-5-11(16)19-6-9/h4-6,13H,17H2,1-3H3. The van der Waals surface area contributed by atoms with Crippen molar-refractivity contribution in [3.8, 4) is 5.75 Å². The third kappa shape index (κ3) is 2.89. The number of thiophene rings is 1. The Balaban J connectivity index is 2.60. The van der Waals surface area contributed by atoms with Crippen molar-refractivity contribution < 1.29 is 4.74 Å². The summed E-state index contributed by atoms with van der Waals surface area (Å²) in [5.41, 5.74) is 10.8. The van der Waals surface area contributed by atoms with Crippen LogP contribution in [0, 0.1) is 13.8 Å². The lowest BCUT2D eigenvalue weighted by Gasteiger charge is -2.20. The van der Waals surface area contributed by atoms with Crippen molar-refractivity contribution in [3.63, 3.8) is 0 Å². The highest BCUT2D eigenvalue weighted by molar-refractivity contribution is 9.11. The molecule has 19 heavy (non-hydrogen) atoms. The smallest absolute Gasteiger partial charge is 0.127 e. The minimum absolute atomic E-state index is 0.186. The van der Waals surface area contributed by atoms with E-state index in [1.807, 2.05) is 6.92 Å². The Morgan fingerprint density at radius 1 is 1.26 bits per heavy atom. The Kier molecular flexibility index (Phi) is 4.71. The molecule has 1 atom stereocenters. The Morgan fingerprint density at radius 3 is 2.47 bits per heavy atom. The molecule has 0 spiro atoms. The van der Waals surface area contributed by atoms with Crippen molar-refractivity contribution in [2.24, 2.45) is 5.73 Å². The highest BCUT2D eigenvalue weighted by Crippen LogP contribution is 2.39. The van der Waals surface area contributed by atoms with Gasteiger partial charge in [0.1, 0.15) is 5.75 Å². The van der Waals surface area contributed by atoms with Gasteiger partial charge in [-0.25, -0.2) is 0 Å². The molecule has 0 bridgehead atoms. The van der Waals surface area contributed by atoms with Gasteiger partial charge in [-0.2, -0.15) is 0 Å². The molecule has 2 aromatic rings. The van der Waals surface area contributed by atoms with Crippen LogP contribution in [0.3, 0.4) is 0 Å². The first-order valence-corrected chi connectivity index (χ1v) is 8.25. The Hall–Kier alpha value is -0.360. The van der Waals surface area contributed by atoms with Crippen LogP contribution in [-0.2, 0) is 0 Å².